The van der Waals surface area contributed by atoms with Crippen molar-refractivity contribution in [3.63, 3.8) is 0 Å². The summed E-state index contributed by atoms with van der Waals surface area (Å²) in [5, 5.41) is 5.01. The van der Waals surface area contributed by atoms with Crippen LogP contribution in [0.2, 0.25) is 5.02 Å². The Kier molecular flexibility index (Phi) is 8.36. The van der Waals surface area contributed by atoms with Gasteiger partial charge < -0.3 is 5.32 Å². The van der Waals surface area contributed by atoms with E-state index in [-0.39, 0.29) is 9.90 Å². The number of sulfonamides is 1. The number of anilines is 1. The summed E-state index contributed by atoms with van der Waals surface area (Å²) in [4.78, 5) is 12.5. The van der Waals surface area contributed by atoms with Gasteiger partial charge in [0.25, 0.3) is 10.0 Å². The number of benzene rings is 2. The number of hydrogen-bond donors (Lipinski definition) is 1. The van der Waals surface area contributed by atoms with Crippen LogP contribution >= 0.6 is 34.7 Å². The molecule has 0 unspecified atom stereocenters. The molecule has 31 heavy (non-hydrogen) atoms. The van der Waals surface area contributed by atoms with Crippen LogP contribution in [0.1, 0.15) is 5.56 Å². The van der Waals surface area contributed by atoms with Crippen LogP contribution in [0.4, 0.5) is 10.1 Å². The summed E-state index contributed by atoms with van der Waals surface area (Å²) in [6, 6.07) is 16.0. The minimum absolute atomic E-state index is 0.0406. The van der Waals surface area contributed by atoms with E-state index in [1.807, 2.05) is 24.3 Å². The Hall–Kier alpha value is -2.07. The van der Waals surface area contributed by atoms with Crippen LogP contribution in [0.3, 0.4) is 0 Å². The Bertz CT molecular complexity index is 1120. The van der Waals surface area contributed by atoms with Crippen molar-refractivity contribution in [3.05, 3.63) is 82.4 Å². The summed E-state index contributed by atoms with van der Waals surface area (Å²) in [6.45, 7) is -0.172. The van der Waals surface area contributed by atoms with Crippen LogP contribution in [0.15, 0.2) is 70.3 Å². The fourth-order valence-corrected chi connectivity index (χ4v) is 6.40. The third-order valence-electron chi connectivity index (χ3n) is 4.23. The molecule has 1 heterocycles. The molecule has 0 fully saturated rings. The predicted octanol–water partition coefficient (Wildman–Crippen LogP) is 4.79. The Morgan fingerprint density at radius 3 is 2.55 bits per heavy atom. The van der Waals surface area contributed by atoms with Gasteiger partial charge >= 0.3 is 0 Å². The smallest absolute Gasteiger partial charge is 0.274 e. The summed E-state index contributed by atoms with van der Waals surface area (Å²) >= 11 is 8.73. The second kappa shape index (κ2) is 11.0. The molecule has 3 aromatic rings. The molecule has 1 aromatic heterocycles. The van der Waals surface area contributed by atoms with Gasteiger partial charge in [0.1, 0.15) is 16.6 Å². The van der Waals surface area contributed by atoms with E-state index in [1.54, 1.807) is 23.2 Å². The number of amides is 1. The number of carbonyl (C=O) groups excluding carboxylic acids is 1. The van der Waals surface area contributed by atoms with Gasteiger partial charge in [-0.3, -0.25) is 9.10 Å². The quantitative estimate of drug-likeness (QED) is 0.408. The molecule has 10 heteroatoms. The van der Waals surface area contributed by atoms with E-state index < -0.39 is 28.3 Å². The largest absolute Gasteiger partial charge is 0.354 e. The molecule has 5 nitrogen and oxygen atoms in total. The second-order valence-electron chi connectivity index (χ2n) is 6.39. The second-order valence-corrected chi connectivity index (χ2v) is 10.9. The molecule has 164 valence electrons. The number of rotatable bonds is 10. The van der Waals surface area contributed by atoms with Gasteiger partial charge in [-0.2, -0.15) is 11.8 Å². The van der Waals surface area contributed by atoms with Crippen LogP contribution in [-0.2, 0) is 20.6 Å². The standard InChI is InChI=1S/C21H20ClFN2O3S3/c22-17-7-2-1-6-16(17)15-29-13-11-24-20(26)14-25(19-9-4-3-8-18(19)23)31(27,28)21-10-5-12-30-21/h1-10,12H,11,13-15H2,(H,24,26). The highest BCUT2D eigenvalue weighted by Gasteiger charge is 2.29. The molecule has 0 saturated carbocycles. The molecule has 2 aromatic carbocycles. The Morgan fingerprint density at radius 1 is 1.10 bits per heavy atom. The maximum atomic E-state index is 14.4. The van der Waals surface area contributed by atoms with Crippen LogP contribution in [0.25, 0.3) is 0 Å². The lowest BCUT2D eigenvalue weighted by molar-refractivity contribution is -0.119. The monoisotopic (exact) mass is 498 g/mol. The molecule has 0 bridgehead atoms. The van der Waals surface area contributed by atoms with E-state index in [2.05, 4.69) is 5.32 Å². The summed E-state index contributed by atoms with van der Waals surface area (Å²) in [7, 11) is -4.07. The Morgan fingerprint density at radius 2 is 1.84 bits per heavy atom. The summed E-state index contributed by atoms with van der Waals surface area (Å²) < 4.78 is 41.2. The molecular weight excluding hydrogens is 479 g/mol. The lowest BCUT2D eigenvalue weighted by atomic mass is 10.2. The summed E-state index contributed by atoms with van der Waals surface area (Å²) in [5.74, 6) is 0.0882. The minimum atomic E-state index is -4.07. The molecule has 0 aliphatic rings. The van der Waals surface area contributed by atoms with Gasteiger partial charge in [0.15, 0.2) is 0 Å². The zero-order valence-electron chi connectivity index (χ0n) is 16.3. The van der Waals surface area contributed by atoms with Gasteiger partial charge in [0.05, 0.1) is 5.69 Å². The zero-order chi connectivity index (χ0) is 22.3. The number of halogens is 2. The molecule has 0 radical (unpaired) electrons. The molecule has 1 N–H and O–H groups in total. The average molecular weight is 499 g/mol. The van der Waals surface area contributed by atoms with Crippen molar-refractivity contribution in [1.82, 2.24) is 5.32 Å². The number of nitrogens with one attached hydrogen (secondary N) is 1. The van der Waals surface area contributed by atoms with Gasteiger partial charge in [-0.1, -0.05) is 48.0 Å². The maximum Gasteiger partial charge on any atom is 0.274 e. The SMILES string of the molecule is O=C(CN(c1ccccc1F)S(=O)(=O)c1cccs1)NCCSCc1ccccc1Cl. The van der Waals surface area contributed by atoms with Crippen molar-refractivity contribution < 1.29 is 17.6 Å². The zero-order valence-corrected chi connectivity index (χ0v) is 19.5. The molecule has 3 rings (SSSR count). The molecule has 0 aliphatic heterocycles. The lowest BCUT2D eigenvalue weighted by Crippen LogP contribution is -2.41. The molecule has 0 atom stereocenters. The maximum absolute atomic E-state index is 14.4. The number of hydrogen-bond acceptors (Lipinski definition) is 5. The van der Waals surface area contributed by atoms with Crippen molar-refractivity contribution in [1.29, 1.82) is 0 Å². The molecule has 1 amide bonds. The number of nitrogens with zero attached hydrogens (tertiary/aromatic N) is 1. The fourth-order valence-electron chi connectivity index (χ4n) is 2.72. The van der Waals surface area contributed by atoms with Crippen LogP contribution < -0.4 is 9.62 Å². The first kappa shape index (κ1) is 23.6. The third-order valence-corrected chi connectivity index (χ3v) is 8.74. The highest BCUT2D eigenvalue weighted by molar-refractivity contribution is 7.98. The van der Waals surface area contributed by atoms with E-state index in [0.29, 0.717) is 23.1 Å². The first-order chi connectivity index (χ1) is 14.9. The van der Waals surface area contributed by atoms with E-state index in [4.69, 9.17) is 11.6 Å². The first-order valence-corrected chi connectivity index (χ1v) is 13.1. The molecular formula is C21H20ClFN2O3S3. The van der Waals surface area contributed by atoms with Crippen molar-refractivity contribution >= 4 is 56.3 Å². The van der Waals surface area contributed by atoms with E-state index in [0.717, 1.165) is 27.3 Å². The Labute approximate surface area is 194 Å². The summed E-state index contributed by atoms with van der Waals surface area (Å²) in [5.41, 5.74) is 0.840. The van der Waals surface area contributed by atoms with Gasteiger partial charge in [0.2, 0.25) is 5.91 Å². The molecule has 0 saturated heterocycles. The number of para-hydroxylation sites is 1. The molecule has 0 spiro atoms. The number of thioether (sulfide) groups is 1. The van der Waals surface area contributed by atoms with Crippen LogP contribution in [-0.4, -0.2) is 33.2 Å². The van der Waals surface area contributed by atoms with Gasteiger partial charge in [-0.25, -0.2) is 12.8 Å². The summed E-state index contributed by atoms with van der Waals surface area (Å²) in [6.07, 6.45) is 0. The van der Waals surface area contributed by atoms with Crippen molar-refractivity contribution in [3.8, 4) is 0 Å². The lowest BCUT2D eigenvalue weighted by Gasteiger charge is -2.23. The van der Waals surface area contributed by atoms with Crippen LogP contribution in [0.5, 0.6) is 0 Å². The third kappa shape index (κ3) is 6.22. The van der Waals surface area contributed by atoms with Crippen molar-refractivity contribution in [2.45, 2.75) is 9.96 Å². The van der Waals surface area contributed by atoms with Gasteiger partial charge in [0, 0.05) is 23.1 Å². The molecule has 0 aliphatic carbocycles. The highest BCUT2D eigenvalue weighted by Crippen LogP contribution is 2.28. The van der Waals surface area contributed by atoms with E-state index >= 15 is 0 Å². The van der Waals surface area contributed by atoms with E-state index in [1.165, 1.54) is 24.3 Å². The average Bonchev–Trinajstić information content (AvgIpc) is 3.29. The highest BCUT2D eigenvalue weighted by atomic mass is 35.5. The van der Waals surface area contributed by atoms with E-state index in [9.17, 15) is 17.6 Å². The fraction of sp³-hybridized carbons (Fsp3) is 0.190. The van der Waals surface area contributed by atoms with Crippen molar-refractivity contribution in [2.24, 2.45) is 0 Å². The topological polar surface area (TPSA) is 66.5 Å². The number of thiophene rings is 1. The Balaban J connectivity index is 1.61. The predicted molar refractivity (Wildman–Crippen MR) is 126 cm³/mol. The van der Waals surface area contributed by atoms with Crippen LogP contribution in [0, 0.1) is 5.82 Å². The van der Waals surface area contributed by atoms with Gasteiger partial charge in [-0.15, -0.1) is 11.3 Å². The van der Waals surface area contributed by atoms with Gasteiger partial charge in [-0.05, 0) is 35.2 Å². The van der Waals surface area contributed by atoms with Crippen molar-refractivity contribution in [2.75, 3.05) is 23.1 Å². The first-order valence-electron chi connectivity index (χ1n) is 9.28. The normalized spacial score (nSPS) is 11.3. The minimum Gasteiger partial charge on any atom is -0.354 e. The number of carbonyl (C=O) groups is 1.